The van der Waals surface area contributed by atoms with Crippen LogP contribution in [0.3, 0.4) is 0 Å². The van der Waals surface area contributed by atoms with Crippen molar-refractivity contribution in [2.75, 3.05) is 13.1 Å². The van der Waals surface area contributed by atoms with Crippen molar-refractivity contribution in [2.24, 2.45) is 11.8 Å². The van der Waals surface area contributed by atoms with Crippen LogP contribution in [0.2, 0.25) is 0 Å². The highest BCUT2D eigenvalue weighted by Crippen LogP contribution is 2.33. The van der Waals surface area contributed by atoms with Gasteiger partial charge in [0, 0.05) is 6.04 Å². The van der Waals surface area contributed by atoms with E-state index >= 15 is 0 Å². The molecule has 1 aromatic carbocycles. The molecule has 5 nitrogen and oxygen atoms in total. The number of hydrogen-bond acceptors (Lipinski definition) is 4. The van der Waals surface area contributed by atoms with Crippen LogP contribution >= 0.6 is 0 Å². The maximum atomic E-state index is 12.2. The second kappa shape index (κ2) is 5.32. The van der Waals surface area contributed by atoms with E-state index in [1.165, 1.54) is 12.1 Å². The SMILES string of the molecule is O=C(NC1CC[C@H]2CNC[C@H]2C1)c1cccc(O)c1O. The molecule has 1 saturated carbocycles. The first kappa shape index (κ1) is 13.2. The van der Waals surface area contributed by atoms with E-state index < -0.39 is 0 Å². The molecule has 3 atom stereocenters. The van der Waals surface area contributed by atoms with Gasteiger partial charge in [0.1, 0.15) is 0 Å². The van der Waals surface area contributed by atoms with E-state index in [0.717, 1.165) is 38.3 Å². The zero-order chi connectivity index (χ0) is 14.1. The van der Waals surface area contributed by atoms with Crippen molar-refractivity contribution < 1.29 is 15.0 Å². The maximum absolute atomic E-state index is 12.2. The first-order valence-electron chi connectivity index (χ1n) is 7.17. The average Bonchev–Trinajstić information content (AvgIpc) is 2.89. The summed E-state index contributed by atoms with van der Waals surface area (Å²) < 4.78 is 0. The molecule has 5 heteroatoms. The fraction of sp³-hybridized carbons (Fsp3) is 0.533. The van der Waals surface area contributed by atoms with Gasteiger partial charge < -0.3 is 20.8 Å². The first-order valence-corrected chi connectivity index (χ1v) is 7.17. The van der Waals surface area contributed by atoms with Crippen molar-refractivity contribution in [3.63, 3.8) is 0 Å². The highest BCUT2D eigenvalue weighted by Gasteiger charge is 2.34. The van der Waals surface area contributed by atoms with E-state index in [9.17, 15) is 15.0 Å². The molecule has 1 amide bonds. The minimum absolute atomic E-state index is 0.136. The van der Waals surface area contributed by atoms with Gasteiger partial charge in [-0.25, -0.2) is 0 Å². The van der Waals surface area contributed by atoms with Gasteiger partial charge in [-0.2, -0.15) is 0 Å². The van der Waals surface area contributed by atoms with Crippen LogP contribution in [0.1, 0.15) is 29.6 Å². The molecule has 0 spiro atoms. The van der Waals surface area contributed by atoms with Crippen LogP contribution in [0.15, 0.2) is 18.2 Å². The van der Waals surface area contributed by atoms with Gasteiger partial charge in [-0.15, -0.1) is 0 Å². The Morgan fingerprint density at radius 2 is 2.00 bits per heavy atom. The highest BCUT2D eigenvalue weighted by molar-refractivity contribution is 5.97. The fourth-order valence-corrected chi connectivity index (χ4v) is 3.41. The molecule has 1 heterocycles. The van der Waals surface area contributed by atoms with Gasteiger partial charge >= 0.3 is 0 Å². The average molecular weight is 276 g/mol. The third-order valence-electron chi connectivity index (χ3n) is 4.55. The zero-order valence-corrected chi connectivity index (χ0v) is 11.3. The van der Waals surface area contributed by atoms with Crippen LogP contribution < -0.4 is 10.6 Å². The molecule has 3 rings (SSSR count). The van der Waals surface area contributed by atoms with E-state index in [2.05, 4.69) is 10.6 Å². The summed E-state index contributed by atoms with van der Waals surface area (Å²) in [6.45, 7) is 2.13. The number of carbonyl (C=O) groups is 1. The predicted octanol–water partition coefficient (Wildman–Crippen LogP) is 1.22. The van der Waals surface area contributed by atoms with E-state index in [0.29, 0.717) is 5.92 Å². The van der Waals surface area contributed by atoms with Gasteiger partial charge in [0.25, 0.3) is 5.91 Å². The largest absolute Gasteiger partial charge is 0.504 e. The fourth-order valence-electron chi connectivity index (χ4n) is 3.41. The molecule has 20 heavy (non-hydrogen) atoms. The molecule has 0 bridgehead atoms. The van der Waals surface area contributed by atoms with Gasteiger partial charge in [0.05, 0.1) is 5.56 Å². The molecule has 2 aliphatic rings. The summed E-state index contributed by atoms with van der Waals surface area (Å²) in [7, 11) is 0. The summed E-state index contributed by atoms with van der Waals surface area (Å²) in [5, 5.41) is 25.5. The Labute approximate surface area is 118 Å². The number of phenols is 2. The monoisotopic (exact) mass is 276 g/mol. The first-order chi connectivity index (χ1) is 9.65. The smallest absolute Gasteiger partial charge is 0.255 e. The molecule has 1 aliphatic carbocycles. The predicted molar refractivity (Wildman–Crippen MR) is 74.7 cm³/mol. The highest BCUT2D eigenvalue weighted by atomic mass is 16.3. The molecule has 108 valence electrons. The summed E-state index contributed by atoms with van der Waals surface area (Å²) in [5.74, 6) is 0.472. The molecule has 1 aromatic rings. The van der Waals surface area contributed by atoms with Crippen molar-refractivity contribution in [1.82, 2.24) is 10.6 Å². The van der Waals surface area contributed by atoms with Crippen LogP contribution in [0.4, 0.5) is 0 Å². The van der Waals surface area contributed by atoms with E-state index in [1.54, 1.807) is 6.07 Å². The van der Waals surface area contributed by atoms with Crippen LogP contribution in [0.25, 0.3) is 0 Å². The number of aromatic hydroxyl groups is 2. The Morgan fingerprint density at radius 1 is 1.20 bits per heavy atom. The third kappa shape index (κ3) is 2.45. The lowest BCUT2D eigenvalue weighted by atomic mass is 9.79. The molecular formula is C15H20N2O3. The minimum atomic E-state index is -0.346. The number of para-hydroxylation sites is 1. The minimum Gasteiger partial charge on any atom is -0.504 e. The van der Waals surface area contributed by atoms with Gasteiger partial charge in [0.15, 0.2) is 11.5 Å². The van der Waals surface area contributed by atoms with Crippen molar-refractivity contribution in [3.05, 3.63) is 23.8 Å². The Bertz CT molecular complexity index is 518. The molecule has 2 fully saturated rings. The lowest BCUT2D eigenvalue weighted by Crippen LogP contribution is -2.40. The second-order valence-corrected chi connectivity index (χ2v) is 5.84. The van der Waals surface area contributed by atoms with Crippen molar-refractivity contribution >= 4 is 5.91 Å². The van der Waals surface area contributed by atoms with Crippen LogP contribution in [0, 0.1) is 11.8 Å². The Morgan fingerprint density at radius 3 is 2.85 bits per heavy atom. The molecule has 1 unspecified atom stereocenters. The van der Waals surface area contributed by atoms with Gasteiger partial charge in [-0.3, -0.25) is 4.79 Å². The molecule has 1 aliphatic heterocycles. The number of carbonyl (C=O) groups excluding carboxylic acids is 1. The summed E-state index contributed by atoms with van der Waals surface area (Å²) in [4.78, 5) is 12.2. The van der Waals surface area contributed by atoms with Crippen LogP contribution in [-0.4, -0.2) is 35.3 Å². The Balaban J connectivity index is 1.65. The molecule has 1 saturated heterocycles. The molecular weight excluding hydrogens is 256 g/mol. The molecule has 0 aromatic heterocycles. The lowest BCUT2D eigenvalue weighted by molar-refractivity contribution is 0.0910. The number of hydrogen-bond donors (Lipinski definition) is 4. The number of phenolic OH excluding ortho intramolecular Hbond substituents is 2. The topological polar surface area (TPSA) is 81.6 Å². The summed E-state index contributed by atoms with van der Waals surface area (Å²) in [5.41, 5.74) is 0.136. The summed E-state index contributed by atoms with van der Waals surface area (Å²) in [6, 6.07) is 4.60. The van der Waals surface area contributed by atoms with Crippen molar-refractivity contribution in [3.8, 4) is 11.5 Å². The molecule has 0 radical (unpaired) electrons. The third-order valence-corrected chi connectivity index (χ3v) is 4.55. The standard InChI is InChI=1S/C15H20N2O3/c18-13-3-1-2-12(14(13)19)15(20)17-11-5-4-9-7-16-8-10(9)6-11/h1-3,9-11,16,18-19H,4-8H2,(H,17,20)/t9-,10+,11?/m0/s1. The van der Waals surface area contributed by atoms with E-state index in [-0.39, 0.29) is 29.0 Å². The summed E-state index contributed by atoms with van der Waals surface area (Å²) >= 11 is 0. The Hall–Kier alpha value is -1.75. The van der Waals surface area contributed by atoms with Gasteiger partial charge in [0.2, 0.25) is 0 Å². The maximum Gasteiger partial charge on any atom is 0.255 e. The summed E-state index contributed by atoms with van der Waals surface area (Å²) in [6.07, 6.45) is 3.10. The Kier molecular flexibility index (Phi) is 3.53. The number of fused-ring (bicyclic) bond motifs is 1. The normalized spacial score (nSPS) is 28.9. The van der Waals surface area contributed by atoms with Gasteiger partial charge in [-0.1, -0.05) is 6.07 Å². The number of nitrogens with one attached hydrogen (secondary N) is 2. The van der Waals surface area contributed by atoms with Crippen molar-refractivity contribution in [1.29, 1.82) is 0 Å². The lowest BCUT2D eigenvalue weighted by Gasteiger charge is -2.31. The van der Waals surface area contributed by atoms with Crippen LogP contribution in [0.5, 0.6) is 11.5 Å². The second-order valence-electron chi connectivity index (χ2n) is 5.84. The van der Waals surface area contributed by atoms with E-state index in [4.69, 9.17) is 0 Å². The molecule has 4 N–H and O–H groups in total. The number of benzene rings is 1. The van der Waals surface area contributed by atoms with E-state index in [1.807, 2.05) is 0 Å². The number of amides is 1. The zero-order valence-electron chi connectivity index (χ0n) is 11.3. The quantitative estimate of drug-likeness (QED) is 0.612. The van der Waals surface area contributed by atoms with Crippen LogP contribution in [-0.2, 0) is 0 Å². The van der Waals surface area contributed by atoms with Gasteiger partial charge in [-0.05, 0) is 56.3 Å². The van der Waals surface area contributed by atoms with Crippen molar-refractivity contribution in [2.45, 2.75) is 25.3 Å². The number of rotatable bonds is 2.